The number of nitrogens with zero attached hydrogens (tertiary/aromatic N) is 2. The molecule has 1 saturated carbocycles. The van der Waals surface area contributed by atoms with Gasteiger partial charge >= 0.3 is 0 Å². The molecular formula is C13H22N2. The Kier molecular flexibility index (Phi) is 3.02. The molecule has 0 amide bonds. The lowest BCUT2D eigenvalue weighted by Crippen LogP contribution is -2.60. The summed E-state index contributed by atoms with van der Waals surface area (Å²) in [5, 5.41) is 9.07. The van der Waals surface area contributed by atoms with E-state index in [1.807, 2.05) is 0 Å². The Balaban J connectivity index is 1.91. The fraction of sp³-hybridized carbons (Fsp3) is 0.923. The van der Waals surface area contributed by atoms with Crippen molar-refractivity contribution in [2.24, 2.45) is 11.3 Å². The van der Waals surface area contributed by atoms with Gasteiger partial charge in [0.1, 0.15) is 0 Å². The minimum absolute atomic E-state index is 0.316. The van der Waals surface area contributed by atoms with Gasteiger partial charge in [-0.15, -0.1) is 0 Å². The Morgan fingerprint density at radius 2 is 1.93 bits per heavy atom. The van der Waals surface area contributed by atoms with Gasteiger partial charge in [-0.1, -0.05) is 20.3 Å². The number of hydrogen-bond donors (Lipinski definition) is 0. The molecule has 2 unspecified atom stereocenters. The van der Waals surface area contributed by atoms with Crippen LogP contribution in [0.25, 0.3) is 0 Å². The van der Waals surface area contributed by atoms with Crippen molar-refractivity contribution in [2.45, 2.75) is 52.0 Å². The van der Waals surface area contributed by atoms with Gasteiger partial charge in [-0.05, 0) is 31.1 Å². The lowest BCUT2D eigenvalue weighted by atomic mass is 9.74. The van der Waals surface area contributed by atoms with Crippen LogP contribution in [0.3, 0.4) is 0 Å². The van der Waals surface area contributed by atoms with Crippen LogP contribution in [0, 0.1) is 22.7 Å². The Morgan fingerprint density at radius 1 is 1.27 bits per heavy atom. The van der Waals surface area contributed by atoms with Gasteiger partial charge in [0.25, 0.3) is 0 Å². The molecule has 2 nitrogen and oxygen atoms in total. The third-order valence-corrected chi connectivity index (χ3v) is 4.69. The molecule has 2 rings (SSSR count). The Hall–Kier alpha value is -0.550. The van der Waals surface area contributed by atoms with Crippen LogP contribution in [0.2, 0.25) is 0 Å². The molecule has 0 aromatic heterocycles. The fourth-order valence-electron chi connectivity index (χ4n) is 3.28. The van der Waals surface area contributed by atoms with Crippen molar-refractivity contribution in [3.05, 3.63) is 0 Å². The summed E-state index contributed by atoms with van der Waals surface area (Å²) < 4.78 is 0. The third-order valence-electron chi connectivity index (χ3n) is 4.69. The SMILES string of the molecule is CCC1(CC)CN(C2CCCC2C#N)C1. The third kappa shape index (κ3) is 1.78. The summed E-state index contributed by atoms with van der Waals surface area (Å²) in [4.78, 5) is 2.56. The summed E-state index contributed by atoms with van der Waals surface area (Å²) >= 11 is 0. The molecule has 1 aliphatic carbocycles. The largest absolute Gasteiger partial charge is 0.298 e. The van der Waals surface area contributed by atoms with Gasteiger partial charge in [-0.2, -0.15) is 5.26 Å². The zero-order chi connectivity index (χ0) is 10.9. The van der Waals surface area contributed by atoms with Gasteiger partial charge in [0.15, 0.2) is 0 Å². The standard InChI is InChI=1S/C13H22N2/c1-3-13(4-2)9-15(10-13)12-7-5-6-11(12)8-14/h11-12H,3-7,9-10H2,1-2H3. The predicted molar refractivity (Wildman–Crippen MR) is 61.3 cm³/mol. The van der Waals surface area contributed by atoms with E-state index in [9.17, 15) is 0 Å². The van der Waals surface area contributed by atoms with Crippen LogP contribution in [0.1, 0.15) is 46.0 Å². The number of rotatable bonds is 3. The van der Waals surface area contributed by atoms with Crippen molar-refractivity contribution in [3.63, 3.8) is 0 Å². The van der Waals surface area contributed by atoms with Crippen molar-refractivity contribution in [3.8, 4) is 6.07 Å². The molecule has 15 heavy (non-hydrogen) atoms. The van der Waals surface area contributed by atoms with E-state index in [0.29, 0.717) is 17.4 Å². The minimum atomic E-state index is 0.316. The molecule has 2 atom stereocenters. The summed E-state index contributed by atoms with van der Waals surface area (Å²) in [7, 11) is 0. The van der Waals surface area contributed by atoms with Crippen molar-refractivity contribution in [2.75, 3.05) is 13.1 Å². The van der Waals surface area contributed by atoms with E-state index < -0.39 is 0 Å². The van der Waals surface area contributed by atoms with E-state index in [1.54, 1.807) is 0 Å². The molecule has 1 heterocycles. The molecule has 0 aromatic rings. The summed E-state index contributed by atoms with van der Waals surface area (Å²) in [6.45, 7) is 7.08. The topological polar surface area (TPSA) is 27.0 Å². The highest BCUT2D eigenvalue weighted by Gasteiger charge is 2.45. The van der Waals surface area contributed by atoms with Crippen LogP contribution < -0.4 is 0 Å². The minimum Gasteiger partial charge on any atom is -0.298 e. The smallest absolute Gasteiger partial charge is 0.0672 e. The maximum absolute atomic E-state index is 9.07. The summed E-state index contributed by atoms with van der Waals surface area (Å²) in [6.07, 6.45) is 6.23. The van der Waals surface area contributed by atoms with Gasteiger partial charge in [-0.25, -0.2) is 0 Å². The van der Waals surface area contributed by atoms with E-state index in [1.165, 1.54) is 38.8 Å². The van der Waals surface area contributed by atoms with Crippen molar-refractivity contribution in [1.82, 2.24) is 4.90 Å². The van der Waals surface area contributed by atoms with E-state index in [2.05, 4.69) is 24.8 Å². The van der Waals surface area contributed by atoms with Gasteiger partial charge < -0.3 is 0 Å². The molecule has 0 spiro atoms. The second kappa shape index (κ2) is 4.14. The molecule has 84 valence electrons. The lowest BCUT2D eigenvalue weighted by Gasteiger charge is -2.53. The average Bonchev–Trinajstić information content (AvgIpc) is 2.66. The molecule has 2 aliphatic rings. The maximum Gasteiger partial charge on any atom is 0.0672 e. The van der Waals surface area contributed by atoms with Gasteiger partial charge in [-0.3, -0.25) is 4.90 Å². The predicted octanol–water partition coefficient (Wildman–Crippen LogP) is 2.80. The highest BCUT2D eigenvalue weighted by Crippen LogP contribution is 2.42. The first-order valence-corrected chi connectivity index (χ1v) is 6.38. The first-order valence-electron chi connectivity index (χ1n) is 6.38. The first-order chi connectivity index (χ1) is 7.24. The van der Waals surface area contributed by atoms with Crippen LogP contribution in [0.15, 0.2) is 0 Å². The van der Waals surface area contributed by atoms with Crippen LogP contribution in [0.5, 0.6) is 0 Å². The zero-order valence-electron chi connectivity index (χ0n) is 10.00. The van der Waals surface area contributed by atoms with E-state index in [0.717, 1.165) is 6.42 Å². The average molecular weight is 206 g/mol. The molecule has 2 fully saturated rings. The number of nitriles is 1. The van der Waals surface area contributed by atoms with Crippen molar-refractivity contribution in [1.29, 1.82) is 5.26 Å². The molecule has 1 aliphatic heterocycles. The molecule has 0 bridgehead atoms. The molecule has 0 N–H and O–H groups in total. The highest BCUT2D eigenvalue weighted by molar-refractivity contribution is 5.03. The second-order valence-electron chi connectivity index (χ2n) is 5.35. The van der Waals surface area contributed by atoms with E-state index >= 15 is 0 Å². The normalized spacial score (nSPS) is 34.7. The summed E-state index contributed by atoms with van der Waals surface area (Å²) in [5.74, 6) is 0.316. The monoisotopic (exact) mass is 206 g/mol. The second-order valence-corrected chi connectivity index (χ2v) is 5.35. The number of likely N-dealkylation sites (tertiary alicyclic amines) is 1. The van der Waals surface area contributed by atoms with Gasteiger partial charge in [0.2, 0.25) is 0 Å². The molecule has 1 saturated heterocycles. The molecule has 0 aromatic carbocycles. The van der Waals surface area contributed by atoms with Crippen molar-refractivity contribution < 1.29 is 0 Å². The molecular weight excluding hydrogens is 184 g/mol. The fourth-order valence-corrected chi connectivity index (χ4v) is 3.28. The summed E-state index contributed by atoms with van der Waals surface area (Å²) in [6, 6.07) is 3.07. The number of hydrogen-bond acceptors (Lipinski definition) is 2. The molecule has 2 heteroatoms. The van der Waals surface area contributed by atoms with Crippen molar-refractivity contribution >= 4 is 0 Å². The summed E-state index contributed by atoms with van der Waals surface area (Å²) in [5.41, 5.74) is 0.586. The van der Waals surface area contributed by atoms with E-state index in [4.69, 9.17) is 5.26 Å². The van der Waals surface area contributed by atoms with Gasteiger partial charge in [0.05, 0.1) is 12.0 Å². The van der Waals surface area contributed by atoms with E-state index in [-0.39, 0.29) is 0 Å². The lowest BCUT2D eigenvalue weighted by molar-refractivity contribution is -0.0416. The van der Waals surface area contributed by atoms with Gasteiger partial charge in [0, 0.05) is 19.1 Å². The first kappa shape index (κ1) is 11.0. The van der Waals surface area contributed by atoms with Crippen LogP contribution in [0.4, 0.5) is 0 Å². The van der Waals surface area contributed by atoms with Crippen LogP contribution in [-0.2, 0) is 0 Å². The quantitative estimate of drug-likeness (QED) is 0.710. The molecule has 0 radical (unpaired) electrons. The van der Waals surface area contributed by atoms with Crippen LogP contribution >= 0.6 is 0 Å². The highest BCUT2D eigenvalue weighted by atomic mass is 15.2. The Bertz CT molecular complexity index is 254. The Labute approximate surface area is 93.3 Å². The maximum atomic E-state index is 9.07. The van der Waals surface area contributed by atoms with Crippen LogP contribution in [-0.4, -0.2) is 24.0 Å². The Morgan fingerprint density at radius 3 is 2.47 bits per heavy atom. The zero-order valence-corrected chi connectivity index (χ0v) is 10.00.